The number of nitrogens with zero attached hydrogens (tertiary/aromatic N) is 1. The van der Waals surface area contributed by atoms with Crippen LogP contribution in [0.5, 0.6) is 0 Å². The zero-order valence-corrected chi connectivity index (χ0v) is 11.6. The summed E-state index contributed by atoms with van der Waals surface area (Å²) in [6, 6.07) is 1.66. The fourth-order valence-electron chi connectivity index (χ4n) is 2.35. The molecule has 0 fully saturated rings. The predicted octanol–water partition coefficient (Wildman–Crippen LogP) is 2.35. The average Bonchev–Trinajstić information content (AvgIpc) is 2.45. The number of hydrogen-bond donors (Lipinski definition) is 2. The molecule has 1 heterocycles. The van der Waals surface area contributed by atoms with Gasteiger partial charge in [0.2, 0.25) is 0 Å². The number of anilines is 1. The van der Waals surface area contributed by atoms with Gasteiger partial charge in [-0.3, -0.25) is 0 Å². The Morgan fingerprint density at radius 1 is 1.43 bits per heavy atom. The molecule has 0 aromatic carbocycles. The van der Waals surface area contributed by atoms with Crippen molar-refractivity contribution >= 4 is 11.8 Å². The first-order valence-corrected chi connectivity index (χ1v) is 6.93. The van der Waals surface area contributed by atoms with E-state index in [2.05, 4.69) is 10.3 Å². The normalized spacial score (nSPS) is 14.0. The second-order valence-electron chi connectivity index (χ2n) is 4.90. The summed E-state index contributed by atoms with van der Waals surface area (Å²) in [4.78, 5) is 15.6. The summed E-state index contributed by atoms with van der Waals surface area (Å²) < 4.78 is 28.6. The Balaban J connectivity index is 2.01. The molecule has 0 amide bonds. The van der Waals surface area contributed by atoms with E-state index in [4.69, 9.17) is 4.74 Å². The summed E-state index contributed by atoms with van der Waals surface area (Å²) >= 11 is 0. The fourth-order valence-corrected chi connectivity index (χ4v) is 2.35. The van der Waals surface area contributed by atoms with Crippen LogP contribution in [-0.2, 0) is 17.6 Å². The number of carbonyl (C=O) groups is 1. The van der Waals surface area contributed by atoms with Gasteiger partial charge in [-0.05, 0) is 37.3 Å². The van der Waals surface area contributed by atoms with Gasteiger partial charge in [0.25, 0.3) is 6.43 Å². The van der Waals surface area contributed by atoms with Crippen LogP contribution in [0.15, 0.2) is 6.07 Å². The highest BCUT2D eigenvalue weighted by Crippen LogP contribution is 2.24. The molecule has 1 aliphatic rings. The van der Waals surface area contributed by atoms with E-state index in [1.165, 1.54) is 0 Å². The Bertz CT molecular complexity index is 509. The van der Waals surface area contributed by atoms with Crippen LogP contribution in [0, 0.1) is 0 Å². The third-order valence-corrected chi connectivity index (χ3v) is 3.31. The van der Waals surface area contributed by atoms with Gasteiger partial charge in [-0.2, -0.15) is 0 Å². The van der Waals surface area contributed by atoms with Gasteiger partial charge in [0.1, 0.15) is 18.0 Å². The molecule has 116 valence electrons. The number of aromatic carboxylic acids is 1. The standard InChI is InChI=1S/C14H18F2N2O3/c15-12(16)8-21-6-5-17-13-10(14(19)20)7-9-3-1-2-4-11(9)18-13/h7,12H,1-6,8H2,(H,17,18)(H,19,20). The van der Waals surface area contributed by atoms with Gasteiger partial charge < -0.3 is 15.2 Å². The molecular formula is C14H18F2N2O3. The lowest BCUT2D eigenvalue weighted by atomic mass is 9.95. The Labute approximate surface area is 121 Å². The number of carboxylic acid groups (broad SMARTS) is 1. The maximum atomic E-state index is 11.9. The fraction of sp³-hybridized carbons (Fsp3) is 0.571. The molecule has 0 saturated carbocycles. The molecular weight excluding hydrogens is 282 g/mol. The van der Waals surface area contributed by atoms with Gasteiger partial charge >= 0.3 is 5.97 Å². The molecule has 0 unspecified atom stereocenters. The van der Waals surface area contributed by atoms with E-state index in [1.54, 1.807) is 6.07 Å². The van der Waals surface area contributed by atoms with E-state index >= 15 is 0 Å². The molecule has 5 nitrogen and oxygen atoms in total. The number of ether oxygens (including phenoxy) is 1. The van der Waals surface area contributed by atoms with E-state index in [1.807, 2.05) is 0 Å². The van der Waals surface area contributed by atoms with Gasteiger partial charge in [-0.15, -0.1) is 0 Å². The van der Waals surface area contributed by atoms with Gasteiger partial charge in [0.05, 0.1) is 6.61 Å². The van der Waals surface area contributed by atoms with E-state index in [0.717, 1.165) is 36.9 Å². The first-order chi connectivity index (χ1) is 10.1. The number of hydrogen-bond acceptors (Lipinski definition) is 4. The van der Waals surface area contributed by atoms with Crippen molar-refractivity contribution in [2.45, 2.75) is 32.1 Å². The third kappa shape index (κ3) is 4.35. The van der Waals surface area contributed by atoms with Crippen LogP contribution in [-0.4, -0.2) is 42.2 Å². The molecule has 0 atom stereocenters. The summed E-state index contributed by atoms with van der Waals surface area (Å²) in [7, 11) is 0. The molecule has 1 aliphatic carbocycles. The lowest BCUT2D eigenvalue weighted by molar-refractivity contribution is 0.0215. The van der Waals surface area contributed by atoms with Crippen molar-refractivity contribution in [2.75, 3.05) is 25.1 Å². The Morgan fingerprint density at radius 2 is 2.19 bits per heavy atom. The average molecular weight is 300 g/mol. The zero-order valence-electron chi connectivity index (χ0n) is 11.6. The number of pyridine rings is 1. The van der Waals surface area contributed by atoms with Gasteiger partial charge in [-0.1, -0.05) is 0 Å². The number of halogens is 2. The monoisotopic (exact) mass is 300 g/mol. The number of carboxylic acids is 1. The molecule has 7 heteroatoms. The molecule has 2 rings (SSSR count). The summed E-state index contributed by atoms with van der Waals surface area (Å²) in [5.74, 6) is -0.768. The maximum Gasteiger partial charge on any atom is 0.339 e. The highest BCUT2D eigenvalue weighted by molar-refractivity contribution is 5.93. The number of nitrogens with one attached hydrogen (secondary N) is 1. The minimum Gasteiger partial charge on any atom is -0.478 e. The van der Waals surface area contributed by atoms with Crippen LogP contribution in [0.1, 0.15) is 34.5 Å². The number of rotatable bonds is 7. The quantitative estimate of drug-likeness (QED) is 0.756. The highest BCUT2D eigenvalue weighted by atomic mass is 19.3. The van der Waals surface area contributed by atoms with Crippen molar-refractivity contribution in [3.8, 4) is 0 Å². The highest BCUT2D eigenvalue weighted by Gasteiger charge is 2.18. The minimum atomic E-state index is -2.50. The summed E-state index contributed by atoms with van der Waals surface area (Å²) in [5, 5.41) is 12.1. The van der Waals surface area contributed by atoms with Crippen molar-refractivity contribution in [3.63, 3.8) is 0 Å². The van der Waals surface area contributed by atoms with Crippen molar-refractivity contribution in [3.05, 3.63) is 22.9 Å². The van der Waals surface area contributed by atoms with Crippen LogP contribution < -0.4 is 5.32 Å². The second kappa shape index (κ2) is 7.31. The van der Waals surface area contributed by atoms with Crippen LogP contribution in [0.2, 0.25) is 0 Å². The smallest absolute Gasteiger partial charge is 0.339 e. The summed E-state index contributed by atoms with van der Waals surface area (Å²) in [6.07, 6.45) is 1.28. The first-order valence-electron chi connectivity index (χ1n) is 6.93. The van der Waals surface area contributed by atoms with Crippen molar-refractivity contribution in [2.24, 2.45) is 0 Å². The minimum absolute atomic E-state index is 0.0716. The molecule has 0 radical (unpaired) electrons. The number of aryl methyl sites for hydroxylation is 2. The first kappa shape index (κ1) is 15.6. The predicted molar refractivity (Wildman–Crippen MR) is 73.2 cm³/mol. The van der Waals surface area contributed by atoms with Gasteiger partial charge in [-0.25, -0.2) is 18.6 Å². The maximum absolute atomic E-state index is 11.9. The van der Waals surface area contributed by atoms with Crippen LogP contribution >= 0.6 is 0 Å². The number of aromatic nitrogens is 1. The Morgan fingerprint density at radius 3 is 2.90 bits per heavy atom. The summed E-state index contributed by atoms with van der Waals surface area (Å²) in [6.45, 7) is -0.313. The second-order valence-corrected chi connectivity index (χ2v) is 4.90. The summed E-state index contributed by atoms with van der Waals surface area (Å²) in [5.41, 5.74) is 2.02. The molecule has 0 saturated heterocycles. The molecule has 2 N–H and O–H groups in total. The van der Waals surface area contributed by atoms with Crippen LogP contribution in [0.4, 0.5) is 14.6 Å². The van der Waals surface area contributed by atoms with E-state index in [-0.39, 0.29) is 24.5 Å². The van der Waals surface area contributed by atoms with E-state index in [0.29, 0.717) is 0 Å². The van der Waals surface area contributed by atoms with E-state index < -0.39 is 19.0 Å². The molecule has 1 aromatic rings. The lowest BCUT2D eigenvalue weighted by Crippen LogP contribution is -2.18. The Kier molecular flexibility index (Phi) is 5.44. The van der Waals surface area contributed by atoms with Gasteiger partial charge in [0, 0.05) is 12.2 Å². The van der Waals surface area contributed by atoms with Crippen molar-refractivity contribution in [1.29, 1.82) is 0 Å². The molecule has 1 aromatic heterocycles. The third-order valence-electron chi connectivity index (χ3n) is 3.31. The largest absolute Gasteiger partial charge is 0.478 e. The number of fused-ring (bicyclic) bond motifs is 1. The molecule has 0 aliphatic heterocycles. The molecule has 0 bridgehead atoms. The van der Waals surface area contributed by atoms with Crippen molar-refractivity contribution in [1.82, 2.24) is 4.98 Å². The van der Waals surface area contributed by atoms with E-state index in [9.17, 15) is 18.7 Å². The number of alkyl halides is 2. The lowest BCUT2D eigenvalue weighted by Gasteiger charge is -2.18. The molecule has 21 heavy (non-hydrogen) atoms. The van der Waals surface area contributed by atoms with Crippen LogP contribution in [0.25, 0.3) is 0 Å². The Hall–Kier alpha value is -1.76. The van der Waals surface area contributed by atoms with Gasteiger partial charge in [0.15, 0.2) is 0 Å². The molecule has 0 spiro atoms. The zero-order chi connectivity index (χ0) is 15.2. The van der Waals surface area contributed by atoms with Crippen molar-refractivity contribution < 1.29 is 23.4 Å². The topological polar surface area (TPSA) is 71.5 Å². The SMILES string of the molecule is O=C(O)c1cc2c(nc1NCCOCC(F)F)CCCC2. The van der Waals surface area contributed by atoms with Crippen LogP contribution in [0.3, 0.4) is 0 Å².